The fourth-order valence-electron chi connectivity index (χ4n) is 2.42. The highest BCUT2D eigenvalue weighted by Gasteiger charge is 2.19. The van der Waals surface area contributed by atoms with Gasteiger partial charge in [-0.25, -0.2) is 0 Å². The van der Waals surface area contributed by atoms with Crippen molar-refractivity contribution < 1.29 is 5.11 Å². The van der Waals surface area contributed by atoms with Crippen LogP contribution in [0.3, 0.4) is 0 Å². The average Bonchev–Trinajstić information content (AvgIpc) is 2.26. The zero-order valence-electron chi connectivity index (χ0n) is 9.29. The Labute approximate surface area is 91.3 Å². The lowest BCUT2D eigenvalue weighted by atomic mass is 9.82. The number of rotatable bonds is 3. The van der Waals surface area contributed by atoms with Crippen LogP contribution in [0.2, 0.25) is 0 Å². The van der Waals surface area contributed by atoms with Gasteiger partial charge in [-0.05, 0) is 55.0 Å². The van der Waals surface area contributed by atoms with Gasteiger partial charge < -0.3 is 10.4 Å². The minimum absolute atomic E-state index is 0.400. The van der Waals surface area contributed by atoms with Gasteiger partial charge in [0.1, 0.15) is 5.75 Å². The summed E-state index contributed by atoms with van der Waals surface area (Å²) in [7, 11) is 0. The minimum atomic E-state index is 0.400. The summed E-state index contributed by atoms with van der Waals surface area (Å²) in [6, 6.07) is 5.81. The van der Waals surface area contributed by atoms with Gasteiger partial charge in [0.15, 0.2) is 0 Å². The van der Waals surface area contributed by atoms with Crippen LogP contribution in [0, 0.1) is 0 Å². The number of phenolic OH excluding ortho intramolecular Hbond substituents is 1. The molecule has 0 aromatic heterocycles. The third-order valence-electron chi connectivity index (χ3n) is 3.21. The largest absolute Gasteiger partial charge is 0.508 e. The molecule has 2 rings (SSSR count). The summed E-state index contributed by atoms with van der Waals surface area (Å²) in [4.78, 5) is 0. The Morgan fingerprint density at radius 2 is 2.33 bits per heavy atom. The van der Waals surface area contributed by atoms with Crippen molar-refractivity contribution in [3.05, 3.63) is 29.3 Å². The van der Waals surface area contributed by atoms with Crippen molar-refractivity contribution in [3.8, 4) is 5.75 Å². The number of likely N-dealkylation sites (N-methyl/N-ethyl adjacent to an activating group) is 1. The van der Waals surface area contributed by atoms with E-state index in [0.717, 1.165) is 19.5 Å². The summed E-state index contributed by atoms with van der Waals surface area (Å²) in [5, 5.41) is 12.9. The molecule has 0 amide bonds. The van der Waals surface area contributed by atoms with E-state index < -0.39 is 0 Å². The van der Waals surface area contributed by atoms with Crippen LogP contribution in [0.25, 0.3) is 0 Å². The predicted molar refractivity (Wildman–Crippen MR) is 62.3 cm³/mol. The number of hydrogen-bond donors (Lipinski definition) is 2. The molecule has 0 aliphatic heterocycles. The molecular weight excluding hydrogens is 186 g/mol. The molecule has 0 bridgehead atoms. The Balaban J connectivity index is 2.20. The predicted octanol–water partition coefficient (Wildman–Crippen LogP) is 2.42. The number of phenols is 1. The van der Waals surface area contributed by atoms with Gasteiger partial charge >= 0.3 is 0 Å². The number of aromatic hydroxyl groups is 1. The van der Waals surface area contributed by atoms with Crippen LogP contribution < -0.4 is 5.32 Å². The van der Waals surface area contributed by atoms with Crippen molar-refractivity contribution in [2.24, 2.45) is 0 Å². The summed E-state index contributed by atoms with van der Waals surface area (Å²) in [6.45, 7) is 4.18. The molecular formula is C13H19NO. The molecule has 15 heavy (non-hydrogen) atoms. The number of benzene rings is 1. The minimum Gasteiger partial charge on any atom is -0.508 e. The van der Waals surface area contributed by atoms with Crippen LogP contribution in [0.5, 0.6) is 5.75 Å². The lowest BCUT2D eigenvalue weighted by molar-refractivity contribution is 0.467. The van der Waals surface area contributed by atoms with Gasteiger partial charge in [-0.1, -0.05) is 13.0 Å². The van der Waals surface area contributed by atoms with E-state index in [1.54, 1.807) is 6.07 Å². The van der Waals surface area contributed by atoms with Crippen LogP contribution in [-0.4, -0.2) is 18.2 Å². The third-order valence-corrected chi connectivity index (χ3v) is 3.21. The number of fused-ring (bicyclic) bond motifs is 1. The second-order valence-corrected chi connectivity index (χ2v) is 4.28. The van der Waals surface area contributed by atoms with Crippen molar-refractivity contribution in [2.75, 3.05) is 13.1 Å². The Morgan fingerprint density at radius 3 is 3.13 bits per heavy atom. The van der Waals surface area contributed by atoms with Crippen LogP contribution in [0.4, 0.5) is 0 Å². The Morgan fingerprint density at radius 1 is 1.47 bits per heavy atom. The molecule has 1 aliphatic rings. The molecule has 2 nitrogen and oxygen atoms in total. The lowest BCUT2D eigenvalue weighted by Crippen LogP contribution is -2.24. The first-order chi connectivity index (χ1) is 7.31. The quantitative estimate of drug-likeness (QED) is 0.794. The van der Waals surface area contributed by atoms with Crippen LogP contribution >= 0.6 is 0 Å². The highest BCUT2D eigenvalue weighted by atomic mass is 16.3. The normalized spacial score (nSPS) is 19.9. The van der Waals surface area contributed by atoms with Gasteiger partial charge in [0.05, 0.1) is 0 Å². The van der Waals surface area contributed by atoms with Gasteiger partial charge in [-0.15, -0.1) is 0 Å². The summed E-state index contributed by atoms with van der Waals surface area (Å²) in [6.07, 6.45) is 3.68. The molecule has 1 unspecified atom stereocenters. The molecule has 2 N–H and O–H groups in total. The van der Waals surface area contributed by atoms with E-state index in [4.69, 9.17) is 0 Å². The van der Waals surface area contributed by atoms with Crippen molar-refractivity contribution >= 4 is 0 Å². The van der Waals surface area contributed by atoms with Gasteiger partial charge in [0, 0.05) is 6.54 Å². The Hall–Kier alpha value is -1.02. The third kappa shape index (κ3) is 2.32. The fraction of sp³-hybridized carbons (Fsp3) is 0.538. The first-order valence-electron chi connectivity index (χ1n) is 5.83. The molecule has 0 spiro atoms. The first kappa shape index (κ1) is 10.5. The zero-order chi connectivity index (χ0) is 10.7. The molecule has 0 heterocycles. The lowest BCUT2D eigenvalue weighted by Gasteiger charge is -2.25. The molecule has 0 saturated carbocycles. The maximum atomic E-state index is 9.51. The molecule has 2 heteroatoms. The Kier molecular flexibility index (Phi) is 3.27. The van der Waals surface area contributed by atoms with Gasteiger partial charge in [0.25, 0.3) is 0 Å². The number of nitrogens with one attached hydrogen (secondary N) is 1. The van der Waals surface area contributed by atoms with E-state index in [2.05, 4.69) is 18.3 Å². The highest BCUT2D eigenvalue weighted by molar-refractivity contribution is 5.39. The zero-order valence-corrected chi connectivity index (χ0v) is 9.29. The van der Waals surface area contributed by atoms with Gasteiger partial charge in [-0.3, -0.25) is 0 Å². The van der Waals surface area contributed by atoms with Gasteiger partial charge in [0.2, 0.25) is 0 Å². The van der Waals surface area contributed by atoms with Crippen LogP contribution in [0.15, 0.2) is 18.2 Å². The first-order valence-corrected chi connectivity index (χ1v) is 5.83. The summed E-state index contributed by atoms with van der Waals surface area (Å²) >= 11 is 0. The maximum absolute atomic E-state index is 9.51. The SMILES string of the molecule is CCNCC1CCCc2ccc(O)cc21. The van der Waals surface area contributed by atoms with Crippen LogP contribution in [0.1, 0.15) is 36.8 Å². The highest BCUT2D eigenvalue weighted by Crippen LogP contribution is 2.33. The molecule has 1 aromatic rings. The van der Waals surface area contributed by atoms with Crippen molar-refractivity contribution in [1.82, 2.24) is 5.32 Å². The summed E-state index contributed by atoms with van der Waals surface area (Å²) in [5.41, 5.74) is 2.77. The van der Waals surface area contributed by atoms with Gasteiger partial charge in [-0.2, -0.15) is 0 Å². The average molecular weight is 205 g/mol. The second-order valence-electron chi connectivity index (χ2n) is 4.28. The molecule has 0 radical (unpaired) electrons. The second kappa shape index (κ2) is 4.67. The van der Waals surface area contributed by atoms with Crippen molar-refractivity contribution in [3.63, 3.8) is 0 Å². The topological polar surface area (TPSA) is 32.3 Å². The van der Waals surface area contributed by atoms with Crippen molar-refractivity contribution in [2.45, 2.75) is 32.1 Å². The monoisotopic (exact) mass is 205 g/mol. The van der Waals surface area contributed by atoms with Crippen molar-refractivity contribution in [1.29, 1.82) is 0 Å². The van der Waals surface area contributed by atoms with E-state index in [0.29, 0.717) is 11.7 Å². The van der Waals surface area contributed by atoms with E-state index in [1.807, 2.05) is 6.07 Å². The van der Waals surface area contributed by atoms with E-state index in [-0.39, 0.29) is 0 Å². The smallest absolute Gasteiger partial charge is 0.115 e. The molecule has 0 saturated heterocycles. The molecule has 1 aromatic carbocycles. The molecule has 1 aliphatic carbocycles. The molecule has 82 valence electrons. The number of hydrogen-bond acceptors (Lipinski definition) is 2. The fourth-order valence-corrected chi connectivity index (χ4v) is 2.42. The maximum Gasteiger partial charge on any atom is 0.115 e. The van der Waals surface area contributed by atoms with E-state index in [9.17, 15) is 5.11 Å². The summed E-state index contributed by atoms with van der Waals surface area (Å²) in [5.74, 6) is 0.984. The van der Waals surface area contributed by atoms with E-state index in [1.165, 1.54) is 24.0 Å². The Bertz CT molecular complexity index is 335. The molecule has 1 atom stereocenters. The van der Waals surface area contributed by atoms with Crippen LogP contribution in [-0.2, 0) is 6.42 Å². The number of aryl methyl sites for hydroxylation is 1. The standard InChI is InChI=1S/C13H19NO/c1-2-14-9-11-5-3-4-10-6-7-12(15)8-13(10)11/h6-8,11,14-15H,2-5,9H2,1H3. The summed E-state index contributed by atoms with van der Waals surface area (Å²) < 4.78 is 0. The molecule has 0 fully saturated rings. The van der Waals surface area contributed by atoms with E-state index >= 15 is 0 Å².